The highest BCUT2D eigenvalue weighted by atomic mass is 35.5. The molecule has 0 radical (unpaired) electrons. The number of hydrogen-bond donors (Lipinski definition) is 1. The molecule has 2 aromatic carbocycles. The van der Waals surface area contributed by atoms with Gasteiger partial charge in [0, 0.05) is 17.0 Å². The molecule has 3 rings (SSSR count). The molecule has 1 aromatic heterocycles. The van der Waals surface area contributed by atoms with Crippen molar-refractivity contribution in [2.45, 2.75) is 40.7 Å². The smallest absolute Gasteiger partial charge is 0.303 e. The molecular weight excluding hydrogens is 411 g/mol. The highest BCUT2D eigenvalue weighted by Gasteiger charge is 2.14. The van der Waals surface area contributed by atoms with E-state index in [4.69, 9.17) is 21.4 Å². The third kappa shape index (κ3) is 5.58. The Morgan fingerprint density at radius 3 is 2.48 bits per heavy atom. The van der Waals surface area contributed by atoms with Gasteiger partial charge >= 0.3 is 5.97 Å². The number of hydrogen-bond acceptors (Lipinski definition) is 3. The van der Waals surface area contributed by atoms with Crippen LogP contribution in [-0.4, -0.2) is 11.1 Å². The van der Waals surface area contributed by atoms with Gasteiger partial charge in [-0.15, -0.1) is 11.3 Å². The zero-order valence-electron chi connectivity index (χ0n) is 15.6. The predicted molar refractivity (Wildman–Crippen MR) is 118 cm³/mol. The minimum atomic E-state index is -0.813. The number of carbonyl (C=O) groups is 1. The number of carboxylic acids is 1. The minimum Gasteiger partial charge on any atom is -0.488 e. The zero-order chi connectivity index (χ0) is 20.3. The molecule has 29 heavy (non-hydrogen) atoms. The Balaban J connectivity index is 0.00000300. The summed E-state index contributed by atoms with van der Waals surface area (Å²) in [5, 5.41) is 9.24. The summed E-state index contributed by atoms with van der Waals surface area (Å²) in [5.74, 6) is -0.0979. The Bertz CT molecular complexity index is 996. The van der Waals surface area contributed by atoms with Crippen LogP contribution in [0.25, 0.3) is 11.1 Å². The number of halogens is 2. The van der Waals surface area contributed by atoms with E-state index in [1.165, 1.54) is 6.07 Å². The van der Waals surface area contributed by atoms with Gasteiger partial charge in [-0.1, -0.05) is 37.2 Å². The third-order valence-corrected chi connectivity index (χ3v) is 5.90. The molecule has 0 unspecified atom stereocenters. The Morgan fingerprint density at radius 2 is 1.83 bits per heavy atom. The van der Waals surface area contributed by atoms with Crippen molar-refractivity contribution in [3.05, 3.63) is 74.2 Å². The van der Waals surface area contributed by atoms with Crippen LogP contribution in [0.2, 0.25) is 5.02 Å². The summed E-state index contributed by atoms with van der Waals surface area (Å²) in [6, 6.07) is 12.5. The van der Waals surface area contributed by atoms with E-state index >= 15 is 0 Å². The van der Waals surface area contributed by atoms with Crippen molar-refractivity contribution in [1.29, 1.82) is 0 Å². The number of carboxylic acid groups (broad SMARTS) is 1. The van der Waals surface area contributed by atoms with Crippen LogP contribution < -0.4 is 4.74 Å². The fraction of sp³-hybridized carbons (Fsp3) is 0.261. The van der Waals surface area contributed by atoms with E-state index in [0.717, 1.165) is 44.0 Å². The van der Waals surface area contributed by atoms with Crippen molar-refractivity contribution in [2.24, 2.45) is 0 Å². The summed E-state index contributed by atoms with van der Waals surface area (Å²) in [6.45, 7) is 4.16. The summed E-state index contributed by atoms with van der Waals surface area (Å²) in [5.41, 5.74) is 4.67. The quantitative estimate of drug-likeness (QED) is 0.433. The second kappa shape index (κ2) is 9.90. The number of benzene rings is 2. The lowest BCUT2D eigenvalue weighted by Gasteiger charge is -2.14. The van der Waals surface area contributed by atoms with Crippen LogP contribution in [0.5, 0.6) is 5.75 Å². The van der Waals surface area contributed by atoms with Crippen LogP contribution in [-0.2, 0) is 17.8 Å². The first-order valence-electron chi connectivity index (χ1n) is 8.83. The molecule has 0 amide bonds. The van der Waals surface area contributed by atoms with Crippen LogP contribution in [0.4, 0.5) is 4.39 Å². The Labute approximate surface area is 179 Å². The maximum absolute atomic E-state index is 13.9. The second-order valence-corrected chi connectivity index (χ2v) is 8.07. The molecular formula is C23H24ClFO3S. The van der Waals surface area contributed by atoms with Gasteiger partial charge in [-0.3, -0.25) is 4.79 Å². The molecule has 6 heteroatoms. The molecule has 3 nitrogen and oxygen atoms in total. The largest absolute Gasteiger partial charge is 0.488 e. The predicted octanol–water partition coefficient (Wildman–Crippen LogP) is 7.06. The van der Waals surface area contributed by atoms with Gasteiger partial charge in [0.1, 0.15) is 12.4 Å². The van der Waals surface area contributed by atoms with Crippen molar-refractivity contribution >= 4 is 28.9 Å². The number of aryl methyl sites for hydroxylation is 1. The Kier molecular flexibility index (Phi) is 7.82. The first-order chi connectivity index (χ1) is 13.3. The van der Waals surface area contributed by atoms with Gasteiger partial charge in [0.15, 0.2) is 5.13 Å². The minimum absolute atomic E-state index is 0. The first-order valence-corrected chi connectivity index (χ1v) is 10.0. The van der Waals surface area contributed by atoms with Crippen LogP contribution in [0.1, 0.15) is 35.4 Å². The standard InChI is InChI=1S/C22H20ClFO3S.CH4/c1-13-14(2)19(9-5-15(13)6-10-22(25)26)27-12-20-18(11-21(24)28-20)16-3-7-17(23)8-4-16;/h3-5,7-9,11H,6,10,12H2,1-2H3,(H,25,26);1H4. The van der Waals surface area contributed by atoms with Crippen molar-refractivity contribution < 1.29 is 19.0 Å². The summed E-state index contributed by atoms with van der Waals surface area (Å²) >= 11 is 7.01. The van der Waals surface area contributed by atoms with Gasteiger partial charge in [0.25, 0.3) is 0 Å². The van der Waals surface area contributed by atoms with Gasteiger partial charge in [-0.25, -0.2) is 0 Å². The van der Waals surface area contributed by atoms with E-state index in [-0.39, 0.29) is 25.6 Å². The number of aliphatic carboxylic acids is 1. The fourth-order valence-corrected chi connectivity index (χ4v) is 3.98. The summed E-state index contributed by atoms with van der Waals surface area (Å²) in [4.78, 5) is 11.6. The molecule has 0 bridgehead atoms. The summed E-state index contributed by atoms with van der Waals surface area (Å²) in [6.07, 6.45) is 0.582. The van der Waals surface area contributed by atoms with E-state index in [1.807, 2.05) is 38.1 Å². The summed E-state index contributed by atoms with van der Waals surface area (Å²) < 4.78 is 19.9. The third-order valence-electron chi connectivity index (χ3n) is 4.75. The van der Waals surface area contributed by atoms with E-state index in [2.05, 4.69) is 0 Å². The fourth-order valence-electron chi connectivity index (χ4n) is 3.04. The average molecular weight is 435 g/mol. The highest BCUT2D eigenvalue weighted by molar-refractivity contribution is 7.10. The molecule has 0 saturated heterocycles. The molecule has 1 heterocycles. The molecule has 0 saturated carbocycles. The van der Waals surface area contributed by atoms with Crippen LogP contribution >= 0.6 is 22.9 Å². The number of thiophene rings is 1. The first kappa shape index (κ1) is 22.9. The molecule has 154 valence electrons. The lowest BCUT2D eigenvalue weighted by Crippen LogP contribution is -2.02. The van der Waals surface area contributed by atoms with Crippen molar-refractivity contribution in [2.75, 3.05) is 0 Å². The van der Waals surface area contributed by atoms with Crippen LogP contribution in [0.3, 0.4) is 0 Å². The van der Waals surface area contributed by atoms with Gasteiger partial charge in [-0.05, 0) is 66.8 Å². The van der Waals surface area contributed by atoms with Gasteiger partial charge in [0.2, 0.25) is 0 Å². The van der Waals surface area contributed by atoms with Gasteiger partial charge < -0.3 is 9.84 Å². The molecule has 1 N–H and O–H groups in total. The van der Waals surface area contributed by atoms with Gasteiger partial charge in [0.05, 0.1) is 4.88 Å². The molecule has 0 atom stereocenters. The van der Waals surface area contributed by atoms with Crippen molar-refractivity contribution in [3.8, 4) is 16.9 Å². The van der Waals surface area contributed by atoms with Crippen molar-refractivity contribution in [3.63, 3.8) is 0 Å². The van der Waals surface area contributed by atoms with Crippen molar-refractivity contribution in [1.82, 2.24) is 0 Å². The van der Waals surface area contributed by atoms with E-state index < -0.39 is 5.97 Å². The Hall–Kier alpha value is -2.37. The molecule has 0 aliphatic carbocycles. The Morgan fingerprint density at radius 1 is 1.14 bits per heavy atom. The molecule has 0 aliphatic rings. The van der Waals surface area contributed by atoms with E-state index in [0.29, 0.717) is 17.2 Å². The van der Waals surface area contributed by atoms with E-state index in [1.54, 1.807) is 12.1 Å². The highest BCUT2D eigenvalue weighted by Crippen LogP contribution is 2.33. The number of ether oxygens (including phenoxy) is 1. The zero-order valence-corrected chi connectivity index (χ0v) is 17.2. The second-order valence-electron chi connectivity index (χ2n) is 6.55. The number of rotatable bonds is 7. The lowest BCUT2D eigenvalue weighted by atomic mass is 9.99. The topological polar surface area (TPSA) is 46.5 Å². The molecule has 3 aromatic rings. The molecule has 0 aliphatic heterocycles. The maximum Gasteiger partial charge on any atom is 0.303 e. The average Bonchev–Trinajstić information content (AvgIpc) is 3.03. The van der Waals surface area contributed by atoms with Crippen LogP contribution in [0.15, 0.2) is 42.5 Å². The molecule has 0 fully saturated rings. The SMILES string of the molecule is C.Cc1c(CCC(=O)O)ccc(OCc2sc(F)cc2-c2ccc(Cl)cc2)c1C. The van der Waals surface area contributed by atoms with Gasteiger partial charge in [-0.2, -0.15) is 4.39 Å². The summed E-state index contributed by atoms with van der Waals surface area (Å²) in [7, 11) is 0. The lowest BCUT2D eigenvalue weighted by molar-refractivity contribution is -0.136. The van der Waals surface area contributed by atoms with E-state index in [9.17, 15) is 9.18 Å². The van der Waals surface area contributed by atoms with Crippen LogP contribution in [0, 0.1) is 19.0 Å². The maximum atomic E-state index is 13.9. The monoisotopic (exact) mass is 434 g/mol. The normalized spacial score (nSPS) is 10.5. The molecule has 0 spiro atoms.